The maximum Gasteiger partial charge on any atom is 0.309 e. The summed E-state index contributed by atoms with van der Waals surface area (Å²) in [6.45, 7) is 4.76. The maximum atomic E-state index is 12.3. The Bertz CT molecular complexity index is 606. The minimum absolute atomic E-state index is 0.00400. The molecule has 4 aliphatic rings. The van der Waals surface area contributed by atoms with E-state index in [1.54, 1.807) is 0 Å². The third kappa shape index (κ3) is 2.09. The van der Waals surface area contributed by atoms with Crippen molar-refractivity contribution in [3.63, 3.8) is 0 Å². The van der Waals surface area contributed by atoms with E-state index in [1.807, 2.05) is 6.08 Å². The summed E-state index contributed by atoms with van der Waals surface area (Å²) in [7, 11) is 1.53. The van der Waals surface area contributed by atoms with Crippen LogP contribution in [0.1, 0.15) is 65.2 Å². The molecule has 0 aromatic heterocycles. The van der Waals surface area contributed by atoms with Crippen LogP contribution in [0.4, 0.5) is 0 Å². The van der Waals surface area contributed by atoms with Crippen molar-refractivity contribution in [1.82, 2.24) is 0 Å². The molecule has 24 heavy (non-hydrogen) atoms. The fourth-order valence-corrected chi connectivity index (χ4v) is 7.09. The SMILES string of the molecule is COC(=O)[C@H]1CC[C@H]2[C@@H]3CCC4=CC(=O)CC[C@]4(C)[C@H]3CC[C@]12C. The lowest BCUT2D eigenvalue weighted by Gasteiger charge is -2.57. The van der Waals surface area contributed by atoms with E-state index in [0.29, 0.717) is 23.5 Å². The zero-order valence-corrected chi connectivity index (χ0v) is 15.3. The number of fused-ring (bicyclic) bond motifs is 5. The second-order valence-corrected chi connectivity index (χ2v) is 9.17. The van der Waals surface area contributed by atoms with Gasteiger partial charge < -0.3 is 4.74 Å². The first kappa shape index (κ1) is 16.4. The molecule has 6 atom stereocenters. The van der Waals surface area contributed by atoms with Crippen molar-refractivity contribution in [2.75, 3.05) is 7.11 Å². The van der Waals surface area contributed by atoms with Gasteiger partial charge in [-0.1, -0.05) is 19.4 Å². The smallest absolute Gasteiger partial charge is 0.309 e. The summed E-state index contributed by atoms with van der Waals surface area (Å²) in [4.78, 5) is 24.2. The van der Waals surface area contributed by atoms with Crippen LogP contribution in [0.5, 0.6) is 0 Å². The molecule has 0 aromatic rings. The molecule has 132 valence electrons. The minimum atomic E-state index is 0.00400. The molecule has 0 spiro atoms. The predicted octanol–water partition coefficient (Wildman–Crippen LogP) is 4.31. The summed E-state index contributed by atoms with van der Waals surface area (Å²) < 4.78 is 5.12. The van der Waals surface area contributed by atoms with E-state index in [2.05, 4.69) is 13.8 Å². The molecule has 4 aliphatic carbocycles. The van der Waals surface area contributed by atoms with E-state index in [-0.39, 0.29) is 22.7 Å². The van der Waals surface area contributed by atoms with Crippen LogP contribution in [-0.4, -0.2) is 18.9 Å². The van der Waals surface area contributed by atoms with Crippen molar-refractivity contribution in [3.8, 4) is 0 Å². The molecule has 3 nitrogen and oxygen atoms in total. The molecule has 0 bridgehead atoms. The molecule has 3 heteroatoms. The Labute approximate surface area is 145 Å². The van der Waals surface area contributed by atoms with Crippen LogP contribution < -0.4 is 0 Å². The van der Waals surface area contributed by atoms with Crippen molar-refractivity contribution < 1.29 is 14.3 Å². The van der Waals surface area contributed by atoms with E-state index in [4.69, 9.17) is 4.74 Å². The summed E-state index contributed by atoms with van der Waals surface area (Å²) in [5.74, 6) is 2.48. The fourth-order valence-electron chi connectivity index (χ4n) is 7.09. The average Bonchev–Trinajstić information content (AvgIpc) is 2.92. The summed E-state index contributed by atoms with van der Waals surface area (Å²) in [5.41, 5.74) is 1.77. The van der Waals surface area contributed by atoms with Crippen molar-refractivity contribution in [1.29, 1.82) is 0 Å². The third-order valence-corrected chi connectivity index (χ3v) is 8.45. The first-order valence-corrected chi connectivity index (χ1v) is 9.72. The van der Waals surface area contributed by atoms with E-state index in [9.17, 15) is 9.59 Å². The number of hydrogen-bond donors (Lipinski definition) is 0. The lowest BCUT2D eigenvalue weighted by Crippen LogP contribution is -2.51. The Morgan fingerprint density at radius 3 is 2.62 bits per heavy atom. The first-order chi connectivity index (χ1) is 11.4. The molecule has 0 radical (unpaired) electrons. The Morgan fingerprint density at radius 2 is 1.88 bits per heavy atom. The van der Waals surface area contributed by atoms with Crippen molar-refractivity contribution in [2.24, 2.45) is 34.5 Å². The van der Waals surface area contributed by atoms with Gasteiger partial charge in [-0.05, 0) is 79.6 Å². The average molecular weight is 330 g/mol. The van der Waals surface area contributed by atoms with Gasteiger partial charge in [-0.2, -0.15) is 0 Å². The monoisotopic (exact) mass is 330 g/mol. The van der Waals surface area contributed by atoms with E-state index < -0.39 is 0 Å². The third-order valence-electron chi connectivity index (χ3n) is 8.45. The lowest BCUT2D eigenvalue weighted by molar-refractivity contribution is -0.152. The molecule has 0 N–H and O–H groups in total. The second-order valence-electron chi connectivity index (χ2n) is 9.17. The Balaban J connectivity index is 1.65. The van der Waals surface area contributed by atoms with Gasteiger partial charge in [0, 0.05) is 6.42 Å². The zero-order valence-electron chi connectivity index (χ0n) is 15.3. The van der Waals surface area contributed by atoms with Crippen LogP contribution in [0.25, 0.3) is 0 Å². The number of methoxy groups -OCH3 is 1. The van der Waals surface area contributed by atoms with Gasteiger partial charge in [0.2, 0.25) is 0 Å². The number of hydrogen-bond acceptors (Lipinski definition) is 3. The molecule has 0 saturated heterocycles. The van der Waals surface area contributed by atoms with Crippen LogP contribution in [0, 0.1) is 34.5 Å². The largest absolute Gasteiger partial charge is 0.469 e. The highest BCUT2D eigenvalue weighted by molar-refractivity contribution is 5.91. The summed E-state index contributed by atoms with van der Waals surface area (Å²) in [6, 6.07) is 0. The predicted molar refractivity (Wildman–Crippen MR) is 92.2 cm³/mol. The Morgan fingerprint density at radius 1 is 1.08 bits per heavy atom. The van der Waals surface area contributed by atoms with Gasteiger partial charge in [0.05, 0.1) is 13.0 Å². The molecule has 0 aliphatic heterocycles. The van der Waals surface area contributed by atoms with Gasteiger partial charge in [-0.25, -0.2) is 0 Å². The first-order valence-electron chi connectivity index (χ1n) is 9.72. The van der Waals surface area contributed by atoms with E-state index in [1.165, 1.54) is 31.9 Å². The van der Waals surface area contributed by atoms with Gasteiger partial charge in [0.15, 0.2) is 5.78 Å². The highest BCUT2D eigenvalue weighted by Gasteiger charge is 2.60. The summed E-state index contributed by atoms with van der Waals surface area (Å²) >= 11 is 0. The topological polar surface area (TPSA) is 43.4 Å². The molecular weight excluding hydrogens is 300 g/mol. The molecule has 0 unspecified atom stereocenters. The van der Waals surface area contributed by atoms with Crippen LogP contribution in [0.3, 0.4) is 0 Å². The number of carbonyl (C=O) groups is 2. The van der Waals surface area contributed by atoms with Crippen LogP contribution in [-0.2, 0) is 14.3 Å². The van der Waals surface area contributed by atoms with Crippen molar-refractivity contribution in [2.45, 2.75) is 65.2 Å². The Hall–Kier alpha value is -1.12. The molecule has 0 heterocycles. The molecule has 0 amide bonds. The van der Waals surface area contributed by atoms with Crippen LogP contribution in [0.15, 0.2) is 11.6 Å². The highest BCUT2D eigenvalue weighted by Crippen LogP contribution is 2.66. The lowest BCUT2D eigenvalue weighted by atomic mass is 9.47. The zero-order chi connectivity index (χ0) is 17.1. The van der Waals surface area contributed by atoms with Crippen LogP contribution in [0.2, 0.25) is 0 Å². The minimum Gasteiger partial charge on any atom is -0.469 e. The van der Waals surface area contributed by atoms with Gasteiger partial charge in [0.1, 0.15) is 0 Å². The molecule has 3 saturated carbocycles. The number of allylic oxidation sites excluding steroid dienone is 1. The van der Waals surface area contributed by atoms with E-state index >= 15 is 0 Å². The van der Waals surface area contributed by atoms with Gasteiger partial charge in [-0.15, -0.1) is 0 Å². The number of carbonyl (C=O) groups excluding carboxylic acids is 2. The van der Waals surface area contributed by atoms with Crippen molar-refractivity contribution >= 4 is 11.8 Å². The van der Waals surface area contributed by atoms with Gasteiger partial charge in [0.25, 0.3) is 0 Å². The number of ether oxygens (including phenoxy) is 1. The van der Waals surface area contributed by atoms with Crippen molar-refractivity contribution in [3.05, 3.63) is 11.6 Å². The number of rotatable bonds is 1. The molecule has 4 rings (SSSR count). The van der Waals surface area contributed by atoms with Gasteiger partial charge >= 0.3 is 5.97 Å². The standard InChI is InChI=1S/C21H30O3/c1-20-10-8-14(22)12-13(20)4-5-15-16-6-7-18(19(23)24-3)21(16,2)11-9-17(15)20/h12,15-18H,4-11H2,1-3H3/t15-,16-,17-,18+,20-,21-/m0/s1. The quantitative estimate of drug-likeness (QED) is 0.673. The van der Waals surface area contributed by atoms with Crippen LogP contribution >= 0.6 is 0 Å². The molecule has 3 fully saturated rings. The number of ketones is 1. The normalized spacial score (nSPS) is 47.3. The summed E-state index contributed by atoms with van der Waals surface area (Å²) in [6.07, 6.45) is 10.5. The fraction of sp³-hybridized carbons (Fsp3) is 0.810. The molecular formula is C21H30O3. The summed E-state index contributed by atoms with van der Waals surface area (Å²) in [5, 5.41) is 0. The maximum absolute atomic E-state index is 12.3. The second kappa shape index (κ2) is 5.44. The highest BCUT2D eigenvalue weighted by atomic mass is 16.5. The van der Waals surface area contributed by atoms with Gasteiger partial charge in [-0.3, -0.25) is 9.59 Å². The number of esters is 1. The van der Waals surface area contributed by atoms with E-state index in [0.717, 1.165) is 32.1 Å². The molecule has 0 aromatic carbocycles. The Kier molecular flexibility index (Phi) is 3.71.